The maximum absolute atomic E-state index is 2.41. The molecule has 2 unspecified atom stereocenters. The third-order valence-electron chi connectivity index (χ3n) is 4.33. The van der Waals surface area contributed by atoms with Crippen LogP contribution in [0.5, 0.6) is 0 Å². The van der Waals surface area contributed by atoms with Gasteiger partial charge in [-0.05, 0) is 50.9 Å². The second-order valence-electron chi connectivity index (χ2n) is 5.60. The molecule has 0 aliphatic heterocycles. The van der Waals surface area contributed by atoms with Crippen LogP contribution in [0.1, 0.15) is 40.5 Å². The summed E-state index contributed by atoms with van der Waals surface area (Å²) >= 11 is 0. The van der Waals surface area contributed by atoms with Gasteiger partial charge in [0.1, 0.15) is 0 Å². The average Bonchev–Trinajstić information content (AvgIpc) is 2.26. The van der Waals surface area contributed by atoms with Crippen molar-refractivity contribution in [1.29, 1.82) is 0 Å². The minimum atomic E-state index is 0.686. The molecule has 0 aromatic heterocycles. The topological polar surface area (TPSA) is 0 Å². The molecule has 0 aromatic rings. The second kappa shape index (κ2) is 4.61. The molecule has 2 aliphatic carbocycles. The van der Waals surface area contributed by atoms with E-state index in [9.17, 15) is 0 Å². The van der Waals surface area contributed by atoms with E-state index in [2.05, 4.69) is 52.3 Å². The van der Waals surface area contributed by atoms with E-state index >= 15 is 0 Å². The molecule has 0 N–H and O–H groups in total. The summed E-state index contributed by atoms with van der Waals surface area (Å²) in [5.74, 6) is 2.17. The standard InChI is InChI=1S/C16H23/c1-11-5-7-15(9-13(11)3)16-8-6-12(2)14(4)10-16/h5-8,13-15H,9-10H2,1-4H3/t13?,14?,15-/m0/s1. The van der Waals surface area contributed by atoms with Crippen molar-refractivity contribution in [3.8, 4) is 0 Å². The highest BCUT2D eigenvalue weighted by Gasteiger charge is 2.24. The molecule has 0 amide bonds. The predicted molar refractivity (Wildman–Crippen MR) is 70.9 cm³/mol. The molecule has 87 valence electrons. The first-order chi connectivity index (χ1) is 7.58. The van der Waals surface area contributed by atoms with Crippen LogP contribution in [0.2, 0.25) is 0 Å². The van der Waals surface area contributed by atoms with E-state index < -0.39 is 0 Å². The van der Waals surface area contributed by atoms with Crippen molar-refractivity contribution in [2.24, 2.45) is 17.8 Å². The van der Waals surface area contributed by atoms with E-state index in [1.165, 1.54) is 24.0 Å². The number of hydrogen-bond acceptors (Lipinski definition) is 0. The molecule has 0 saturated heterocycles. The minimum Gasteiger partial charge on any atom is -0.0810 e. The molecule has 1 radical (unpaired) electrons. The Labute approximate surface area is 100 Å². The van der Waals surface area contributed by atoms with Gasteiger partial charge in [0.2, 0.25) is 0 Å². The fraction of sp³-hybridized carbons (Fsp3) is 0.562. The summed E-state index contributed by atoms with van der Waals surface area (Å²) in [5, 5.41) is 0. The minimum absolute atomic E-state index is 0.686. The zero-order chi connectivity index (χ0) is 11.7. The Balaban J connectivity index is 2.11. The summed E-state index contributed by atoms with van der Waals surface area (Å²) in [6.45, 7) is 9.18. The fourth-order valence-corrected chi connectivity index (χ4v) is 2.61. The lowest BCUT2D eigenvalue weighted by atomic mass is 9.75. The van der Waals surface area contributed by atoms with Crippen molar-refractivity contribution in [3.05, 3.63) is 41.4 Å². The van der Waals surface area contributed by atoms with Gasteiger partial charge in [0.05, 0.1) is 0 Å². The SMILES string of the molecule is CC1=CC=C([C@H]2[CH]C=C(C)C(C)C2)CC1C. The van der Waals surface area contributed by atoms with Crippen LogP contribution in [0.15, 0.2) is 34.9 Å². The van der Waals surface area contributed by atoms with Crippen LogP contribution >= 0.6 is 0 Å². The van der Waals surface area contributed by atoms with Crippen molar-refractivity contribution in [2.45, 2.75) is 40.5 Å². The summed E-state index contributed by atoms with van der Waals surface area (Å²) in [6.07, 6.45) is 12.0. The highest BCUT2D eigenvalue weighted by atomic mass is 14.3. The van der Waals surface area contributed by atoms with Crippen molar-refractivity contribution in [2.75, 3.05) is 0 Å². The highest BCUT2D eigenvalue weighted by molar-refractivity contribution is 5.31. The lowest BCUT2D eigenvalue weighted by Crippen LogP contribution is -2.18. The lowest BCUT2D eigenvalue weighted by molar-refractivity contribution is 0.475. The summed E-state index contributed by atoms with van der Waals surface area (Å²) in [4.78, 5) is 0. The quantitative estimate of drug-likeness (QED) is 0.594. The van der Waals surface area contributed by atoms with Crippen molar-refractivity contribution >= 4 is 0 Å². The molecule has 0 aromatic carbocycles. The molecular weight excluding hydrogens is 192 g/mol. The third kappa shape index (κ3) is 2.31. The van der Waals surface area contributed by atoms with E-state index in [1.807, 2.05) is 0 Å². The van der Waals surface area contributed by atoms with Crippen molar-refractivity contribution < 1.29 is 0 Å². The van der Waals surface area contributed by atoms with Gasteiger partial charge in [-0.15, -0.1) is 0 Å². The summed E-state index contributed by atoms with van der Waals surface area (Å²) < 4.78 is 0. The molecule has 16 heavy (non-hydrogen) atoms. The Kier molecular flexibility index (Phi) is 3.37. The average molecular weight is 215 g/mol. The van der Waals surface area contributed by atoms with Crippen LogP contribution in [0.25, 0.3) is 0 Å². The van der Waals surface area contributed by atoms with Gasteiger partial charge in [0.25, 0.3) is 0 Å². The first-order valence-electron chi connectivity index (χ1n) is 6.47. The number of allylic oxidation sites excluding steroid dienone is 6. The van der Waals surface area contributed by atoms with Gasteiger partial charge < -0.3 is 0 Å². The van der Waals surface area contributed by atoms with E-state index in [1.54, 1.807) is 5.57 Å². The normalized spacial score (nSPS) is 35.2. The Bertz CT molecular complexity index is 354. The molecule has 0 spiro atoms. The maximum atomic E-state index is 2.41. The third-order valence-corrected chi connectivity index (χ3v) is 4.33. The van der Waals surface area contributed by atoms with Gasteiger partial charge in [0.15, 0.2) is 0 Å². The van der Waals surface area contributed by atoms with Gasteiger partial charge >= 0.3 is 0 Å². The molecule has 0 saturated carbocycles. The van der Waals surface area contributed by atoms with E-state index in [-0.39, 0.29) is 0 Å². The van der Waals surface area contributed by atoms with Gasteiger partial charge in [-0.2, -0.15) is 0 Å². The largest absolute Gasteiger partial charge is 0.0810 e. The van der Waals surface area contributed by atoms with E-state index in [0.29, 0.717) is 5.92 Å². The van der Waals surface area contributed by atoms with E-state index in [4.69, 9.17) is 0 Å². The maximum Gasteiger partial charge on any atom is -0.00960 e. The molecule has 0 nitrogen and oxygen atoms in total. The zero-order valence-electron chi connectivity index (χ0n) is 11.0. The monoisotopic (exact) mass is 215 g/mol. The summed E-state index contributed by atoms with van der Waals surface area (Å²) in [5.41, 5.74) is 4.69. The van der Waals surface area contributed by atoms with Crippen LogP contribution in [0.4, 0.5) is 0 Å². The lowest BCUT2D eigenvalue weighted by Gasteiger charge is -2.30. The number of hydrogen-bond donors (Lipinski definition) is 0. The summed E-state index contributed by atoms with van der Waals surface area (Å²) in [6, 6.07) is 0. The Morgan fingerprint density at radius 3 is 2.25 bits per heavy atom. The molecule has 2 rings (SSSR count). The molecule has 0 fully saturated rings. The molecule has 3 atom stereocenters. The highest BCUT2D eigenvalue weighted by Crippen LogP contribution is 2.37. The fourth-order valence-electron chi connectivity index (χ4n) is 2.61. The first-order valence-corrected chi connectivity index (χ1v) is 6.47. The van der Waals surface area contributed by atoms with Gasteiger partial charge in [0, 0.05) is 0 Å². The zero-order valence-corrected chi connectivity index (χ0v) is 11.0. The molecule has 2 aliphatic rings. The van der Waals surface area contributed by atoms with Crippen molar-refractivity contribution in [3.63, 3.8) is 0 Å². The summed E-state index contributed by atoms with van der Waals surface area (Å²) in [7, 11) is 0. The van der Waals surface area contributed by atoms with Crippen LogP contribution in [-0.2, 0) is 0 Å². The van der Waals surface area contributed by atoms with Crippen LogP contribution in [0, 0.1) is 24.2 Å². The molecule has 0 heteroatoms. The predicted octanol–water partition coefficient (Wildman–Crippen LogP) is 4.71. The Morgan fingerprint density at radius 2 is 1.62 bits per heavy atom. The van der Waals surface area contributed by atoms with Crippen molar-refractivity contribution in [1.82, 2.24) is 0 Å². The molecule has 0 bridgehead atoms. The van der Waals surface area contributed by atoms with Crippen LogP contribution in [0.3, 0.4) is 0 Å². The van der Waals surface area contributed by atoms with E-state index in [0.717, 1.165) is 11.8 Å². The Hall–Kier alpha value is -0.780. The molecule has 0 heterocycles. The van der Waals surface area contributed by atoms with Gasteiger partial charge in [-0.3, -0.25) is 0 Å². The van der Waals surface area contributed by atoms with Gasteiger partial charge in [-0.25, -0.2) is 0 Å². The van der Waals surface area contributed by atoms with Gasteiger partial charge in [-0.1, -0.05) is 48.8 Å². The first kappa shape index (κ1) is 11.7. The van der Waals surface area contributed by atoms with Crippen LogP contribution < -0.4 is 0 Å². The second-order valence-corrected chi connectivity index (χ2v) is 5.60. The number of rotatable bonds is 1. The smallest absolute Gasteiger partial charge is 0.00960 e. The van der Waals surface area contributed by atoms with Crippen LogP contribution in [-0.4, -0.2) is 0 Å². The Morgan fingerprint density at radius 1 is 0.938 bits per heavy atom. The molecular formula is C16H23.